The van der Waals surface area contributed by atoms with Crippen LogP contribution in [0.4, 0.5) is 5.69 Å². The summed E-state index contributed by atoms with van der Waals surface area (Å²) in [5, 5.41) is 3.37. The molecule has 8 nitrogen and oxygen atoms in total. The first-order chi connectivity index (χ1) is 17.5. The van der Waals surface area contributed by atoms with Gasteiger partial charge in [0.2, 0.25) is 11.6 Å². The molecule has 0 fully saturated rings. The van der Waals surface area contributed by atoms with Crippen molar-refractivity contribution in [3.05, 3.63) is 77.5 Å². The van der Waals surface area contributed by atoms with Gasteiger partial charge < -0.3 is 28.4 Å². The number of halogens is 1. The van der Waals surface area contributed by atoms with Crippen molar-refractivity contribution in [2.75, 3.05) is 26.6 Å². The van der Waals surface area contributed by atoms with Gasteiger partial charge in [0.05, 0.1) is 26.4 Å². The Kier molecular flexibility index (Phi) is 6.26. The normalized spacial score (nSPS) is 10.9. The molecule has 0 bridgehead atoms. The minimum atomic E-state index is -0.402. The van der Waals surface area contributed by atoms with Gasteiger partial charge in [-0.25, -0.2) is 4.98 Å². The standard InChI is InChI=1S/C27H21ClN2O6/c1-32-23-12-15(13-24(33-2)25(23)34-3)27-30-19-14-16(8-9-21(19)36-27)29-26(31)22-11-10-20(35-22)17-6-4-5-7-18(17)28/h4-14H,1-3H3,(H,29,31). The van der Waals surface area contributed by atoms with E-state index in [2.05, 4.69) is 10.3 Å². The molecule has 0 saturated carbocycles. The quantitative estimate of drug-likeness (QED) is 0.264. The predicted octanol–water partition coefficient (Wildman–Crippen LogP) is 6.69. The summed E-state index contributed by atoms with van der Waals surface area (Å²) in [4.78, 5) is 17.4. The molecule has 1 amide bonds. The minimum Gasteiger partial charge on any atom is -0.493 e. The number of hydrogen-bond donors (Lipinski definition) is 1. The van der Waals surface area contributed by atoms with Crippen molar-refractivity contribution in [3.8, 4) is 40.0 Å². The predicted molar refractivity (Wildman–Crippen MR) is 136 cm³/mol. The second kappa shape index (κ2) is 9.67. The number of aromatic nitrogens is 1. The first-order valence-electron chi connectivity index (χ1n) is 10.9. The van der Waals surface area contributed by atoms with Gasteiger partial charge in [0.1, 0.15) is 11.3 Å². The Hall–Kier alpha value is -4.43. The third kappa shape index (κ3) is 4.34. The van der Waals surface area contributed by atoms with Crippen molar-refractivity contribution in [2.24, 2.45) is 0 Å². The lowest BCUT2D eigenvalue weighted by Crippen LogP contribution is -2.10. The molecule has 9 heteroatoms. The van der Waals surface area contributed by atoms with Crippen LogP contribution in [0.5, 0.6) is 17.2 Å². The van der Waals surface area contributed by atoms with Gasteiger partial charge >= 0.3 is 0 Å². The first kappa shape index (κ1) is 23.3. The highest BCUT2D eigenvalue weighted by Gasteiger charge is 2.18. The summed E-state index contributed by atoms with van der Waals surface area (Å²) < 4.78 is 27.9. The number of anilines is 1. The fourth-order valence-corrected chi connectivity index (χ4v) is 4.02. The number of amides is 1. The molecule has 0 aliphatic rings. The zero-order valence-electron chi connectivity index (χ0n) is 19.6. The molecule has 0 saturated heterocycles. The molecular weight excluding hydrogens is 484 g/mol. The molecule has 0 unspecified atom stereocenters. The van der Waals surface area contributed by atoms with Gasteiger partial charge in [-0.1, -0.05) is 23.7 Å². The van der Waals surface area contributed by atoms with Crippen molar-refractivity contribution < 1.29 is 27.8 Å². The summed E-state index contributed by atoms with van der Waals surface area (Å²) in [6, 6.07) is 19.3. The summed E-state index contributed by atoms with van der Waals surface area (Å²) in [5.41, 5.74) is 3.01. The Morgan fingerprint density at radius 3 is 2.33 bits per heavy atom. The number of nitrogens with one attached hydrogen (secondary N) is 1. The number of oxazole rings is 1. The van der Waals surface area contributed by atoms with Crippen molar-refractivity contribution in [2.45, 2.75) is 0 Å². The van der Waals surface area contributed by atoms with Crippen molar-refractivity contribution >= 4 is 34.3 Å². The van der Waals surface area contributed by atoms with Crippen LogP contribution in [0.15, 0.2) is 75.6 Å². The van der Waals surface area contributed by atoms with Crippen molar-refractivity contribution in [1.29, 1.82) is 0 Å². The Morgan fingerprint density at radius 1 is 0.889 bits per heavy atom. The maximum Gasteiger partial charge on any atom is 0.291 e. The van der Waals surface area contributed by atoms with E-state index in [9.17, 15) is 4.79 Å². The molecule has 0 atom stereocenters. The summed E-state index contributed by atoms with van der Waals surface area (Å²) in [7, 11) is 4.62. The average Bonchev–Trinajstić information content (AvgIpc) is 3.55. The van der Waals surface area contributed by atoms with E-state index in [0.29, 0.717) is 61.8 Å². The second-order valence-corrected chi connectivity index (χ2v) is 8.12. The largest absolute Gasteiger partial charge is 0.493 e. The molecule has 2 aromatic heterocycles. The summed E-state index contributed by atoms with van der Waals surface area (Å²) in [5.74, 6) is 2.06. The zero-order valence-corrected chi connectivity index (χ0v) is 20.4. The number of nitrogens with zero attached hydrogens (tertiary/aromatic N) is 1. The lowest BCUT2D eigenvalue weighted by Gasteiger charge is -2.12. The van der Waals surface area contributed by atoms with Crippen molar-refractivity contribution in [3.63, 3.8) is 0 Å². The van der Waals surface area contributed by atoms with E-state index < -0.39 is 5.91 Å². The molecule has 0 spiro atoms. The lowest BCUT2D eigenvalue weighted by atomic mass is 10.2. The molecule has 3 aromatic carbocycles. The van der Waals surface area contributed by atoms with Crippen LogP contribution in [0.3, 0.4) is 0 Å². The average molecular weight is 505 g/mol. The highest BCUT2D eigenvalue weighted by atomic mass is 35.5. The SMILES string of the molecule is COc1cc(-c2nc3cc(NC(=O)c4ccc(-c5ccccc5Cl)o4)ccc3o2)cc(OC)c1OC. The number of hydrogen-bond acceptors (Lipinski definition) is 7. The van der Waals surface area contributed by atoms with Crippen LogP contribution in [-0.2, 0) is 0 Å². The molecule has 182 valence electrons. The van der Waals surface area contributed by atoms with Gasteiger partial charge in [0, 0.05) is 16.8 Å². The Labute approximate surface area is 211 Å². The van der Waals surface area contributed by atoms with Crippen LogP contribution in [-0.4, -0.2) is 32.2 Å². The first-order valence-corrected chi connectivity index (χ1v) is 11.3. The number of furan rings is 1. The third-order valence-corrected chi connectivity index (χ3v) is 5.86. The number of fused-ring (bicyclic) bond motifs is 1. The van der Waals surface area contributed by atoms with E-state index in [1.54, 1.807) is 62.8 Å². The second-order valence-electron chi connectivity index (χ2n) is 7.71. The maximum absolute atomic E-state index is 12.8. The van der Waals surface area contributed by atoms with Gasteiger partial charge in [0.15, 0.2) is 22.8 Å². The van der Waals surface area contributed by atoms with Crippen LogP contribution >= 0.6 is 11.6 Å². The topological polar surface area (TPSA) is 96.0 Å². The third-order valence-electron chi connectivity index (χ3n) is 5.53. The van der Waals surface area contributed by atoms with Gasteiger partial charge in [-0.15, -0.1) is 0 Å². The monoisotopic (exact) mass is 504 g/mol. The van der Waals surface area contributed by atoms with Gasteiger partial charge in [-0.05, 0) is 54.6 Å². The fourth-order valence-electron chi connectivity index (χ4n) is 3.79. The van der Waals surface area contributed by atoms with Gasteiger partial charge in [-0.3, -0.25) is 4.79 Å². The molecule has 0 aliphatic heterocycles. The molecule has 5 rings (SSSR count). The molecule has 0 aliphatic carbocycles. The number of carbonyl (C=O) groups excluding carboxylic acids is 1. The molecule has 36 heavy (non-hydrogen) atoms. The zero-order chi connectivity index (χ0) is 25.2. The highest BCUT2D eigenvalue weighted by Crippen LogP contribution is 2.41. The lowest BCUT2D eigenvalue weighted by molar-refractivity contribution is 0.0997. The summed E-state index contributed by atoms with van der Waals surface area (Å²) in [6.45, 7) is 0. The van der Waals surface area contributed by atoms with E-state index in [1.807, 2.05) is 18.2 Å². The van der Waals surface area contributed by atoms with E-state index in [1.165, 1.54) is 7.11 Å². The van der Waals surface area contributed by atoms with E-state index in [0.717, 1.165) is 0 Å². The number of ether oxygens (including phenoxy) is 3. The Bertz CT molecular complexity index is 1550. The maximum atomic E-state index is 12.8. The molecule has 5 aromatic rings. The summed E-state index contributed by atoms with van der Waals surface area (Å²) in [6.07, 6.45) is 0. The van der Waals surface area contributed by atoms with Gasteiger partial charge in [0.25, 0.3) is 5.91 Å². The Morgan fingerprint density at radius 2 is 1.64 bits per heavy atom. The molecule has 2 heterocycles. The number of rotatable bonds is 7. The number of benzene rings is 3. The van der Waals surface area contributed by atoms with Crippen LogP contribution < -0.4 is 19.5 Å². The van der Waals surface area contributed by atoms with Crippen LogP contribution in [0, 0.1) is 0 Å². The van der Waals surface area contributed by atoms with Gasteiger partial charge in [-0.2, -0.15) is 0 Å². The molecular formula is C27H21ClN2O6. The van der Waals surface area contributed by atoms with Crippen LogP contribution in [0.25, 0.3) is 33.9 Å². The van der Waals surface area contributed by atoms with E-state index in [4.69, 9.17) is 34.6 Å². The van der Waals surface area contributed by atoms with Crippen LogP contribution in [0.2, 0.25) is 5.02 Å². The minimum absolute atomic E-state index is 0.156. The fraction of sp³-hybridized carbons (Fsp3) is 0.111. The smallest absolute Gasteiger partial charge is 0.291 e. The highest BCUT2D eigenvalue weighted by molar-refractivity contribution is 6.33. The molecule has 1 N–H and O–H groups in total. The van der Waals surface area contributed by atoms with E-state index in [-0.39, 0.29) is 5.76 Å². The van der Waals surface area contributed by atoms with Crippen LogP contribution in [0.1, 0.15) is 10.6 Å². The summed E-state index contributed by atoms with van der Waals surface area (Å²) >= 11 is 6.23. The Balaban J connectivity index is 1.40. The number of carbonyl (C=O) groups is 1. The molecule has 0 radical (unpaired) electrons. The number of methoxy groups -OCH3 is 3. The van der Waals surface area contributed by atoms with E-state index >= 15 is 0 Å². The van der Waals surface area contributed by atoms with Crippen molar-refractivity contribution in [1.82, 2.24) is 4.98 Å².